The first-order valence-corrected chi connectivity index (χ1v) is 24.9. The smallest absolute Gasteiger partial charge is 0.160 e. The van der Waals surface area contributed by atoms with Gasteiger partial charge in [0.05, 0.1) is 49.2 Å². The molecule has 14 rings (SSSR count). The zero-order valence-corrected chi connectivity index (χ0v) is 39.6. The summed E-state index contributed by atoms with van der Waals surface area (Å²) in [4.78, 5) is 10.8. The minimum atomic E-state index is 0.711. The Morgan fingerprint density at radius 2 is 1.08 bits per heavy atom. The highest BCUT2D eigenvalue weighted by molar-refractivity contribution is 7.26. The third-order valence-electron chi connectivity index (χ3n) is 14.2. The number of nitrogens with zero attached hydrogens (tertiary/aromatic N) is 5. The van der Waals surface area contributed by atoms with E-state index >= 15 is 0 Å². The predicted molar refractivity (Wildman–Crippen MR) is 302 cm³/mol. The van der Waals surface area contributed by atoms with Crippen LogP contribution in [-0.2, 0) is 0 Å². The fourth-order valence-corrected chi connectivity index (χ4v) is 12.3. The SMILES string of the molecule is C=Cc1c(/C=C\C)n(-c2ccc3c(c2)c2ccc4c(c5ccccc5n4-c4ccccc4)c2n3-c2ccc(-c3nc(-c4ccccc4)nc4c3sc3ccccc34)c(-c3ccccc3)c2)c2ccccc12. The normalized spacial score (nSPS) is 12.0. The van der Waals surface area contributed by atoms with Gasteiger partial charge in [0.2, 0.25) is 0 Å². The molecule has 0 bridgehead atoms. The molecule has 9 aromatic carbocycles. The van der Waals surface area contributed by atoms with E-state index in [0.29, 0.717) is 5.82 Å². The average Bonchev–Trinajstić information content (AvgIpc) is 4.17. The Bertz CT molecular complexity index is 4470. The number of hydrogen-bond donors (Lipinski definition) is 0. The van der Waals surface area contributed by atoms with E-state index in [0.717, 1.165) is 99.5 Å². The highest BCUT2D eigenvalue weighted by Gasteiger charge is 2.25. The van der Waals surface area contributed by atoms with E-state index in [4.69, 9.17) is 9.97 Å². The maximum atomic E-state index is 5.49. The molecule has 0 unspecified atom stereocenters. The molecular weight excluding hydrogens is 883 g/mol. The van der Waals surface area contributed by atoms with Gasteiger partial charge in [-0.05, 0) is 90.9 Å². The molecule has 0 radical (unpaired) electrons. The van der Waals surface area contributed by atoms with Crippen molar-refractivity contribution in [3.8, 4) is 50.8 Å². The summed E-state index contributed by atoms with van der Waals surface area (Å²) in [5.74, 6) is 0.711. The van der Waals surface area contributed by atoms with E-state index in [1.165, 1.54) is 31.6 Å². The van der Waals surface area contributed by atoms with Crippen LogP contribution in [0.1, 0.15) is 18.2 Å². The second-order valence-electron chi connectivity index (χ2n) is 18.1. The summed E-state index contributed by atoms with van der Waals surface area (Å²) in [6.07, 6.45) is 6.30. The first-order valence-electron chi connectivity index (χ1n) is 24.1. The highest BCUT2D eigenvalue weighted by atomic mass is 32.1. The number of benzene rings is 9. The lowest BCUT2D eigenvalue weighted by Gasteiger charge is -2.16. The molecule has 5 nitrogen and oxygen atoms in total. The number of allylic oxidation sites excluding steroid dienone is 1. The molecule has 5 heterocycles. The number of thiophene rings is 1. The molecule has 14 aromatic rings. The van der Waals surface area contributed by atoms with Gasteiger partial charge in [-0.3, -0.25) is 0 Å². The molecule has 0 aliphatic rings. The van der Waals surface area contributed by atoms with Crippen LogP contribution in [0.2, 0.25) is 0 Å². The molecule has 5 aromatic heterocycles. The van der Waals surface area contributed by atoms with Gasteiger partial charge >= 0.3 is 0 Å². The lowest BCUT2D eigenvalue weighted by molar-refractivity contribution is 1.11. The standard InChI is InChI=1S/C65H43N5S/c1-3-20-54-46(4-2)47-27-14-17-30-55(47)69(54)44-34-37-57-53(40-44)49-36-38-58-60(50-28-15-18-31-56(50)68(58)43-25-12-7-13-26-43)63(49)70(57)45-33-35-48(52(39-45)41-21-8-5-9-22-41)61-64-62(51-29-16-19-32-59(51)71-64)67-65(66-61)42-23-10-6-11-24-42/h3-40H,2H2,1H3/b20-3-. The van der Waals surface area contributed by atoms with Gasteiger partial charge in [0.1, 0.15) is 0 Å². The summed E-state index contributed by atoms with van der Waals surface area (Å²) in [6, 6.07) is 76.6. The van der Waals surface area contributed by atoms with Crippen molar-refractivity contribution in [1.82, 2.24) is 23.7 Å². The van der Waals surface area contributed by atoms with Crippen molar-refractivity contribution in [2.75, 3.05) is 0 Å². The van der Waals surface area contributed by atoms with E-state index in [9.17, 15) is 0 Å². The van der Waals surface area contributed by atoms with Crippen molar-refractivity contribution >= 4 is 98.3 Å². The molecule has 0 N–H and O–H groups in total. The summed E-state index contributed by atoms with van der Waals surface area (Å²) in [6.45, 7) is 6.35. The monoisotopic (exact) mass is 925 g/mol. The van der Waals surface area contributed by atoms with E-state index in [2.05, 4.69) is 246 Å². The van der Waals surface area contributed by atoms with E-state index in [-0.39, 0.29) is 0 Å². The third-order valence-corrected chi connectivity index (χ3v) is 15.3. The van der Waals surface area contributed by atoms with Crippen LogP contribution in [0, 0.1) is 0 Å². The number of fused-ring (bicyclic) bond motifs is 11. The van der Waals surface area contributed by atoms with Gasteiger partial charge in [-0.25, -0.2) is 9.97 Å². The number of rotatable bonds is 8. The first-order chi connectivity index (χ1) is 35.2. The molecule has 0 spiro atoms. The second kappa shape index (κ2) is 16.3. The highest BCUT2D eigenvalue weighted by Crippen LogP contribution is 2.46. The Morgan fingerprint density at radius 1 is 0.465 bits per heavy atom. The van der Waals surface area contributed by atoms with E-state index in [1.807, 2.05) is 12.1 Å². The minimum Gasteiger partial charge on any atom is -0.309 e. The zero-order valence-electron chi connectivity index (χ0n) is 38.8. The van der Waals surface area contributed by atoms with Crippen molar-refractivity contribution in [2.45, 2.75) is 6.92 Å². The second-order valence-corrected chi connectivity index (χ2v) is 19.1. The lowest BCUT2D eigenvalue weighted by atomic mass is 9.96. The molecular formula is C65H43N5S. The van der Waals surface area contributed by atoms with Crippen LogP contribution in [0.15, 0.2) is 225 Å². The fraction of sp³-hybridized carbons (Fsp3) is 0.0154. The van der Waals surface area contributed by atoms with Gasteiger partial charge in [-0.1, -0.05) is 164 Å². The van der Waals surface area contributed by atoms with Crippen molar-refractivity contribution in [3.63, 3.8) is 0 Å². The van der Waals surface area contributed by atoms with Crippen LogP contribution in [0.4, 0.5) is 0 Å². The predicted octanol–water partition coefficient (Wildman–Crippen LogP) is 17.7. The summed E-state index contributed by atoms with van der Waals surface area (Å²) in [5, 5.41) is 7.07. The molecule has 6 heteroatoms. The van der Waals surface area contributed by atoms with Gasteiger partial charge in [0.15, 0.2) is 5.82 Å². The van der Waals surface area contributed by atoms with Crippen LogP contribution in [-0.4, -0.2) is 23.7 Å². The number of aromatic nitrogens is 5. The molecule has 71 heavy (non-hydrogen) atoms. The Labute approximate surface area is 413 Å². The first kappa shape index (κ1) is 40.9. The molecule has 0 saturated carbocycles. The average molecular weight is 926 g/mol. The third kappa shape index (κ3) is 6.25. The van der Waals surface area contributed by atoms with Crippen molar-refractivity contribution < 1.29 is 0 Å². The summed E-state index contributed by atoms with van der Waals surface area (Å²) in [5.41, 5.74) is 17.4. The Hall–Kier alpha value is -9.10. The van der Waals surface area contributed by atoms with Gasteiger partial charge in [-0.2, -0.15) is 0 Å². The van der Waals surface area contributed by atoms with Crippen molar-refractivity contribution in [3.05, 3.63) is 236 Å². The topological polar surface area (TPSA) is 40.6 Å². The maximum Gasteiger partial charge on any atom is 0.160 e. The van der Waals surface area contributed by atoms with E-state index < -0.39 is 0 Å². The molecule has 0 saturated heterocycles. The largest absolute Gasteiger partial charge is 0.309 e. The molecule has 0 fully saturated rings. The van der Waals surface area contributed by atoms with Crippen LogP contribution >= 0.6 is 11.3 Å². The van der Waals surface area contributed by atoms with Gasteiger partial charge in [-0.15, -0.1) is 11.3 Å². The Morgan fingerprint density at radius 3 is 1.85 bits per heavy atom. The van der Waals surface area contributed by atoms with Gasteiger partial charge in [0, 0.05) is 70.8 Å². The van der Waals surface area contributed by atoms with Crippen LogP contribution < -0.4 is 0 Å². The number of para-hydroxylation sites is 3. The Kier molecular flexibility index (Phi) is 9.38. The summed E-state index contributed by atoms with van der Waals surface area (Å²) >= 11 is 1.76. The summed E-state index contributed by atoms with van der Waals surface area (Å²) in [7, 11) is 0. The molecule has 0 amide bonds. The van der Waals surface area contributed by atoms with Crippen molar-refractivity contribution in [1.29, 1.82) is 0 Å². The van der Waals surface area contributed by atoms with Crippen LogP contribution in [0.25, 0.3) is 138 Å². The maximum absolute atomic E-state index is 5.49. The van der Waals surface area contributed by atoms with Crippen molar-refractivity contribution in [2.24, 2.45) is 0 Å². The van der Waals surface area contributed by atoms with Crippen LogP contribution in [0.5, 0.6) is 0 Å². The number of hydrogen-bond acceptors (Lipinski definition) is 3. The molecule has 0 aliphatic carbocycles. The molecule has 0 atom stereocenters. The van der Waals surface area contributed by atoms with Gasteiger partial charge in [0.25, 0.3) is 0 Å². The quantitative estimate of drug-likeness (QED) is 0.152. The minimum absolute atomic E-state index is 0.711. The lowest BCUT2D eigenvalue weighted by Crippen LogP contribution is -1.99. The molecule has 334 valence electrons. The molecule has 0 aliphatic heterocycles. The summed E-state index contributed by atoms with van der Waals surface area (Å²) < 4.78 is 9.57. The Balaban J connectivity index is 1.10. The van der Waals surface area contributed by atoms with E-state index in [1.54, 1.807) is 11.3 Å². The zero-order chi connectivity index (χ0) is 47.2. The fourth-order valence-electron chi connectivity index (χ4n) is 11.1. The van der Waals surface area contributed by atoms with Gasteiger partial charge < -0.3 is 13.7 Å². The van der Waals surface area contributed by atoms with Crippen LogP contribution in [0.3, 0.4) is 0 Å².